The van der Waals surface area contributed by atoms with Gasteiger partial charge in [0.2, 0.25) is 0 Å². The molecule has 1 rings (SSSR count). The third-order valence-corrected chi connectivity index (χ3v) is 3.10. The molecule has 6 heteroatoms. The topological polar surface area (TPSA) is 102 Å². The molecule has 0 saturated heterocycles. The summed E-state index contributed by atoms with van der Waals surface area (Å²) in [5, 5.41) is 11.5. The van der Waals surface area contributed by atoms with Crippen LogP contribution in [0.3, 0.4) is 0 Å². The summed E-state index contributed by atoms with van der Waals surface area (Å²) in [4.78, 5) is 22.8. The van der Waals surface area contributed by atoms with E-state index >= 15 is 0 Å². The van der Waals surface area contributed by atoms with Crippen molar-refractivity contribution in [2.75, 3.05) is 6.54 Å². The minimum atomic E-state index is -1.07. The van der Waals surface area contributed by atoms with Crippen molar-refractivity contribution >= 4 is 12.1 Å². The van der Waals surface area contributed by atoms with Crippen LogP contribution in [-0.2, 0) is 16.1 Å². The zero-order valence-corrected chi connectivity index (χ0v) is 12.1. The van der Waals surface area contributed by atoms with Crippen molar-refractivity contribution in [2.45, 2.75) is 32.4 Å². The van der Waals surface area contributed by atoms with Crippen LogP contribution >= 0.6 is 0 Å². The Labute approximate surface area is 124 Å². The molecule has 0 aliphatic heterocycles. The van der Waals surface area contributed by atoms with Gasteiger partial charge in [0.1, 0.15) is 12.6 Å². The molecular formula is C15H22N2O4. The lowest BCUT2D eigenvalue weighted by molar-refractivity contribution is -0.139. The SMILES string of the molecule is CC(CCN)C[C@H](NC(=O)OCc1ccccc1)C(=O)O. The standard InChI is InChI=1S/C15H22N2O4/c1-11(7-8-16)9-13(14(18)19)17-15(20)21-10-12-5-3-2-4-6-12/h2-6,11,13H,7-10,16H2,1H3,(H,17,20)(H,18,19)/t11?,13-/m0/s1. The first kappa shape index (κ1) is 17.0. The predicted octanol–water partition coefficient (Wildman–Crippen LogP) is 1.74. The van der Waals surface area contributed by atoms with Gasteiger partial charge >= 0.3 is 12.1 Å². The molecule has 1 aromatic carbocycles. The summed E-state index contributed by atoms with van der Waals surface area (Å²) >= 11 is 0. The summed E-state index contributed by atoms with van der Waals surface area (Å²) < 4.78 is 5.01. The monoisotopic (exact) mass is 294 g/mol. The van der Waals surface area contributed by atoms with E-state index in [1.807, 2.05) is 37.3 Å². The van der Waals surface area contributed by atoms with Crippen molar-refractivity contribution in [1.82, 2.24) is 5.32 Å². The van der Waals surface area contributed by atoms with E-state index < -0.39 is 18.1 Å². The van der Waals surface area contributed by atoms with Gasteiger partial charge in [-0.3, -0.25) is 0 Å². The molecule has 0 radical (unpaired) electrons. The van der Waals surface area contributed by atoms with Crippen LogP contribution in [0.1, 0.15) is 25.3 Å². The highest BCUT2D eigenvalue weighted by molar-refractivity contribution is 5.79. The number of carbonyl (C=O) groups is 2. The normalized spacial score (nSPS) is 13.2. The molecule has 0 fully saturated rings. The van der Waals surface area contributed by atoms with Crippen molar-refractivity contribution in [3.63, 3.8) is 0 Å². The lowest BCUT2D eigenvalue weighted by Crippen LogP contribution is -2.42. The first-order chi connectivity index (χ1) is 10.0. The van der Waals surface area contributed by atoms with E-state index in [1.165, 1.54) is 0 Å². The number of amides is 1. The Morgan fingerprint density at radius 3 is 2.57 bits per heavy atom. The van der Waals surface area contributed by atoms with Gasteiger partial charge < -0.3 is 20.9 Å². The lowest BCUT2D eigenvalue weighted by atomic mass is 9.99. The fourth-order valence-corrected chi connectivity index (χ4v) is 1.93. The van der Waals surface area contributed by atoms with Crippen molar-refractivity contribution in [1.29, 1.82) is 0 Å². The van der Waals surface area contributed by atoms with Gasteiger partial charge in [0, 0.05) is 0 Å². The van der Waals surface area contributed by atoms with Crippen molar-refractivity contribution in [3.8, 4) is 0 Å². The van der Waals surface area contributed by atoms with Gasteiger partial charge in [0.05, 0.1) is 0 Å². The molecule has 2 atom stereocenters. The highest BCUT2D eigenvalue weighted by Gasteiger charge is 2.22. The smallest absolute Gasteiger partial charge is 0.408 e. The van der Waals surface area contributed by atoms with Crippen LogP contribution in [0.15, 0.2) is 30.3 Å². The van der Waals surface area contributed by atoms with Crippen LogP contribution in [0, 0.1) is 5.92 Å². The maximum absolute atomic E-state index is 11.6. The third-order valence-electron chi connectivity index (χ3n) is 3.10. The molecule has 6 nitrogen and oxygen atoms in total. The second-order valence-electron chi connectivity index (χ2n) is 5.02. The minimum Gasteiger partial charge on any atom is -0.480 e. The summed E-state index contributed by atoms with van der Waals surface area (Å²) in [6, 6.07) is 8.23. The van der Waals surface area contributed by atoms with Gasteiger partial charge in [-0.1, -0.05) is 37.3 Å². The number of carboxylic acid groups (broad SMARTS) is 1. The molecule has 1 amide bonds. The van der Waals surface area contributed by atoms with Crippen LogP contribution in [0.5, 0.6) is 0 Å². The Kier molecular flexibility index (Phi) is 7.25. The summed E-state index contributed by atoms with van der Waals surface area (Å²) in [5.74, 6) is -0.957. The summed E-state index contributed by atoms with van der Waals surface area (Å²) in [5.41, 5.74) is 6.28. The van der Waals surface area contributed by atoms with E-state index in [0.29, 0.717) is 19.4 Å². The van der Waals surface area contributed by atoms with Crippen LogP contribution in [0.4, 0.5) is 4.79 Å². The third kappa shape index (κ3) is 6.76. The van der Waals surface area contributed by atoms with E-state index in [9.17, 15) is 9.59 Å². The number of nitrogens with two attached hydrogens (primary N) is 1. The first-order valence-corrected chi connectivity index (χ1v) is 6.93. The van der Waals surface area contributed by atoms with Gasteiger partial charge in [-0.25, -0.2) is 9.59 Å². The van der Waals surface area contributed by atoms with E-state index in [4.69, 9.17) is 15.6 Å². The quantitative estimate of drug-likeness (QED) is 0.678. The average molecular weight is 294 g/mol. The molecule has 116 valence electrons. The molecule has 1 unspecified atom stereocenters. The van der Waals surface area contributed by atoms with Crippen molar-refractivity contribution in [2.24, 2.45) is 11.7 Å². The molecule has 0 heterocycles. The minimum absolute atomic E-state index is 0.108. The molecule has 0 spiro atoms. The van der Waals surface area contributed by atoms with Gasteiger partial charge in [0.25, 0.3) is 0 Å². The fraction of sp³-hybridized carbons (Fsp3) is 0.467. The summed E-state index contributed by atoms with van der Waals surface area (Å²) in [6.45, 7) is 2.50. The van der Waals surface area contributed by atoms with Crippen molar-refractivity contribution in [3.05, 3.63) is 35.9 Å². The van der Waals surface area contributed by atoms with E-state index in [2.05, 4.69) is 5.32 Å². The maximum atomic E-state index is 11.6. The molecule has 21 heavy (non-hydrogen) atoms. The van der Waals surface area contributed by atoms with Crippen LogP contribution in [0.25, 0.3) is 0 Å². The highest BCUT2D eigenvalue weighted by atomic mass is 16.5. The van der Waals surface area contributed by atoms with Gasteiger partial charge in [-0.15, -0.1) is 0 Å². The molecule has 4 N–H and O–H groups in total. The molecule has 0 bridgehead atoms. The predicted molar refractivity (Wildman–Crippen MR) is 78.6 cm³/mol. The fourth-order valence-electron chi connectivity index (χ4n) is 1.93. The Morgan fingerprint density at radius 1 is 1.33 bits per heavy atom. The number of hydrogen-bond donors (Lipinski definition) is 3. The number of aliphatic carboxylic acids is 1. The van der Waals surface area contributed by atoms with Gasteiger partial charge in [0.15, 0.2) is 0 Å². The summed E-state index contributed by atoms with van der Waals surface area (Å²) in [6.07, 6.45) is 0.309. The van der Waals surface area contributed by atoms with E-state index in [0.717, 1.165) is 5.56 Å². The van der Waals surface area contributed by atoms with Crippen molar-refractivity contribution < 1.29 is 19.4 Å². The van der Waals surface area contributed by atoms with Gasteiger partial charge in [-0.2, -0.15) is 0 Å². The Morgan fingerprint density at radius 2 is 2.00 bits per heavy atom. The number of benzene rings is 1. The largest absolute Gasteiger partial charge is 0.480 e. The molecule has 0 aromatic heterocycles. The Bertz CT molecular complexity index is 450. The van der Waals surface area contributed by atoms with E-state index in [1.54, 1.807) is 0 Å². The Balaban J connectivity index is 2.43. The zero-order chi connectivity index (χ0) is 15.7. The number of hydrogen-bond acceptors (Lipinski definition) is 4. The number of alkyl carbamates (subject to hydrolysis) is 1. The average Bonchev–Trinajstić information content (AvgIpc) is 2.45. The molecule has 1 aromatic rings. The second kappa shape index (κ2) is 8.97. The summed E-state index contributed by atoms with van der Waals surface area (Å²) in [7, 11) is 0. The molecule has 0 aliphatic rings. The number of nitrogens with one attached hydrogen (secondary N) is 1. The van der Waals surface area contributed by atoms with Crippen LogP contribution in [-0.4, -0.2) is 29.8 Å². The number of ether oxygens (including phenoxy) is 1. The van der Waals surface area contributed by atoms with Gasteiger partial charge in [-0.05, 0) is 30.9 Å². The first-order valence-electron chi connectivity index (χ1n) is 6.93. The lowest BCUT2D eigenvalue weighted by Gasteiger charge is -2.18. The molecule has 0 saturated carbocycles. The highest BCUT2D eigenvalue weighted by Crippen LogP contribution is 2.10. The zero-order valence-electron chi connectivity index (χ0n) is 12.1. The number of carboxylic acids is 1. The maximum Gasteiger partial charge on any atom is 0.408 e. The number of rotatable bonds is 8. The molecular weight excluding hydrogens is 272 g/mol. The number of carbonyl (C=O) groups excluding carboxylic acids is 1. The second-order valence-corrected chi connectivity index (χ2v) is 5.02. The van der Waals surface area contributed by atoms with E-state index in [-0.39, 0.29) is 12.5 Å². The van der Waals surface area contributed by atoms with Crippen LogP contribution in [0.2, 0.25) is 0 Å². The molecule has 0 aliphatic carbocycles. The van der Waals surface area contributed by atoms with Crippen LogP contribution < -0.4 is 11.1 Å². The Hall–Kier alpha value is -2.08.